The number of phenolic OH excluding ortho intramolecular Hbond substituents is 1. The van der Waals surface area contributed by atoms with Gasteiger partial charge >= 0.3 is 5.97 Å². The van der Waals surface area contributed by atoms with Crippen molar-refractivity contribution in [1.82, 2.24) is 87.2 Å². The molecule has 1 unspecified atom stereocenters. The number of aliphatic imine (C=N–C) groups is 1. The Morgan fingerprint density at radius 3 is 1.76 bits per heavy atom. The van der Waals surface area contributed by atoms with Crippen LogP contribution in [0.5, 0.6) is 5.75 Å². The number of aliphatic carboxylic acids is 1. The number of nitrogens with two attached hydrogens (primary N) is 3. The number of aromatic amines is 1. The molecule has 0 radical (unpaired) electrons. The number of thioether (sulfide) groups is 1. The second-order valence-corrected chi connectivity index (χ2v) is 37.7. The number of phenols is 1. The van der Waals surface area contributed by atoms with Gasteiger partial charge < -0.3 is 120 Å². The molecule has 3 saturated heterocycles. The molecule has 6 aromatic rings. The van der Waals surface area contributed by atoms with Gasteiger partial charge in [-0.15, -0.1) is 11.8 Å². The van der Waals surface area contributed by atoms with Crippen molar-refractivity contribution in [3.63, 3.8) is 0 Å². The molecule has 20 N–H and O–H groups in total. The van der Waals surface area contributed by atoms with E-state index in [0.717, 1.165) is 36.3 Å². The zero-order valence-electron chi connectivity index (χ0n) is 80.5. The summed E-state index contributed by atoms with van der Waals surface area (Å²) in [6.07, 6.45) is 3.83. The molecule has 17 amide bonds. The number of carboxylic acid groups (broad SMARTS) is 1. The Kier molecular flexibility index (Phi) is 39.9. The van der Waals surface area contributed by atoms with Crippen LogP contribution in [0, 0.1) is 5.92 Å². The van der Waals surface area contributed by atoms with Gasteiger partial charge in [-0.25, -0.2) is 0 Å². The Balaban J connectivity index is 1.04. The molecule has 760 valence electrons. The van der Waals surface area contributed by atoms with Crippen LogP contribution in [0.3, 0.4) is 0 Å². The number of aromatic nitrogens is 2. The van der Waals surface area contributed by atoms with E-state index in [4.69, 9.17) is 17.2 Å². The van der Waals surface area contributed by atoms with Crippen LogP contribution < -0.4 is 70.4 Å². The van der Waals surface area contributed by atoms with Crippen LogP contribution >= 0.6 is 11.8 Å². The number of carbonyl (C=O) groups is 18. The summed E-state index contributed by atoms with van der Waals surface area (Å²) in [5.41, 5.74) is 20.9. The highest BCUT2D eigenvalue weighted by molar-refractivity contribution is 8.00. The largest absolute Gasteiger partial charge is 0.508 e. The molecule has 43 heteroatoms. The molecule has 0 spiro atoms. The molecular weight excluding hydrogens is 1840 g/mol. The summed E-state index contributed by atoms with van der Waals surface area (Å²) in [6, 6.07) is 6.18. The molecule has 2 aromatic heterocycles. The molecule has 42 nitrogen and oxygen atoms in total. The molecule has 141 heavy (non-hydrogen) atoms. The topological polar surface area (TPSA) is 616 Å². The summed E-state index contributed by atoms with van der Waals surface area (Å²) in [4.78, 5) is 279. The molecule has 4 aliphatic heterocycles. The average Bonchev–Trinajstić information content (AvgIpc) is 1.67. The van der Waals surface area contributed by atoms with Crippen molar-refractivity contribution >= 4 is 146 Å². The highest BCUT2D eigenvalue weighted by Gasteiger charge is 2.47. The van der Waals surface area contributed by atoms with Crippen LogP contribution in [0.25, 0.3) is 21.8 Å². The molecule has 3 fully saturated rings. The molecule has 4 aromatic carbocycles. The number of primary amides is 2. The molecule has 0 bridgehead atoms. The van der Waals surface area contributed by atoms with E-state index in [-0.39, 0.29) is 108 Å². The number of rotatable bonds is 27. The van der Waals surface area contributed by atoms with E-state index in [1.165, 1.54) is 69.3 Å². The van der Waals surface area contributed by atoms with E-state index in [2.05, 4.69) is 63.1 Å². The predicted molar refractivity (Wildman–Crippen MR) is 522 cm³/mol. The van der Waals surface area contributed by atoms with Crippen molar-refractivity contribution in [1.29, 1.82) is 0 Å². The lowest BCUT2D eigenvalue weighted by Gasteiger charge is -2.36. The van der Waals surface area contributed by atoms with Gasteiger partial charge in [0.1, 0.15) is 96.9 Å². The van der Waals surface area contributed by atoms with E-state index >= 15 is 43.2 Å². The van der Waals surface area contributed by atoms with Crippen LogP contribution in [0.4, 0.5) is 0 Å². The first kappa shape index (κ1) is 109. The number of hydrogen-bond donors (Lipinski definition) is 17. The third-order valence-corrected chi connectivity index (χ3v) is 26.6. The Morgan fingerprint density at radius 1 is 0.553 bits per heavy atom. The lowest BCUT2D eigenvalue weighted by molar-refractivity contribution is -0.149. The normalized spacial score (nSPS) is 24.6. The van der Waals surface area contributed by atoms with Crippen molar-refractivity contribution in [3.8, 4) is 5.75 Å². The zero-order chi connectivity index (χ0) is 103. The maximum atomic E-state index is 16.1. The van der Waals surface area contributed by atoms with E-state index in [0.29, 0.717) is 75.3 Å². The van der Waals surface area contributed by atoms with Crippen molar-refractivity contribution in [2.45, 2.75) is 247 Å². The summed E-state index contributed by atoms with van der Waals surface area (Å²) >= 11 is 0.779. The minimum Gasteiger partial charge on any atom is -0.508 e. The van der Waals surface area contributed by atoms with Crippen LogP contribution in [0.1, 0.15) is 147 Å². The molecule has 15 atom stereocenters. The number of nitrogens with zero attached hydrogens (tertiary/aromatic N) is 7. The van der Waals surface area contributed by atoms with Crippen LogP contribution in [-0.4, -0.2) is 311 Å². The fourth-order valence-electron chi connectivity index (χ4n) is 17.9. The number of benzene rings is 4. The number of hydrogen-bond acceptors (Lipinski definition) is 23. The first-order valence-electron chi connectivity index (χ1n) is 47.5. The fourth-order valence-corrected chi connectivity index (χ4v) is 18.8. The number of para-hydroxylation sites is 2. The minimum atomic E-state index is -1.77. The van der Waals surface area contributed by atoms with Gasteiger partial charge in [0.05, 0.1) is 24.8 Å². The van der Waals surface area contributed by atoms with Crippen molar-refractivity contribution < 1.29 is 102 Å². The van der Waals surface area contributed by atoms with Crippen molar-refractivity contribution in [3.05, 3.63) is 150 Å². The number of aliphatic hydroxyl groups excluding tert-OH is 1. The number of H-pyrrole nitrogens is 1. The average molecular weight is 1970 g/mol. The maximum absolute atomic E-state index is 16.1. The van der Waals surface area contributed by atoms with Gasteiger partial charge in [0.2, 0.25) is 100 Å². The van der Waals surface area contributed by atoms with Crippen LogP contribution in [0.2, 0.25) is 0 Å². The van der Waals surface area contributed by atoms with E-state index in [1.54, 1.807) is 105 Å². The number of likely N-dealkylation sites (N-methyl/N-ethyl adjacent to an activating group) is 3. The van der Waals surface area contributed by atoms with Crippen molar-refractivity contribution in [2.24, 2.45) is 28.1 Å². The SMILES string of the molecule is CCCC[C@H]1C(=O)N(C)[C@@H](CCCC)C(=O)N[C@@H](Cc2ccccc2)C(=O)N[C@H](C(=O)NCC(N)=O)CSCC(=O)N[C@@H](Cc2ccc(O)cc2)C(=O)N(C)[C@@H](C)C(=O)N[C@@H](CC(N)=O)C(=O)N2CCCC2C(=O)N[C@@H](CC2=CN=CC2)C(=O)N[C@@H](CC(C)C)C(=O)N2C[C@H](O)C[C@H]2C(=O)N[C@@H](Cc2c[nH]c3ccccc23)C(=O)N[C@@H](CCN)C(=O)N[C@@H](Cc2cn(CC(=O)O)c3ccccc23)C(=O)N1C. The van der Waals surface area contributed by atoms with Gasteiger partial charge in [-0.05, 0) is 116 Å². The quantitative estimate of drug-likeness (QED) is 0.0316. The van der Waals surface area contributed by atoms with Crippen LogP contribution in [-0.2, 0) is 119 Å². The molecule has 4 aliphatic rings. The molecule has 0 saturated carbocycles. The predicted octanol–water partition coefficient (Wildman–Crippen LogP) is -0.252. The molecule has 10 rings (SSSR count). The lowest BCUT2D eigenvalue weighted by atomic mass is 9.99. The van der Waals surface area contributed by atoms with E-state index in [9.17, 15) is 58.5 Å². The Bertz CT molecular complexity index is 5590. The Labute approximate surface area is 820 Å². The summed E-state index contributed by atoms with van der Waals surface area (Å²) in [7, 11) is 3.92. The zero-order valence-corrected chi connectivity index (χ0v) is 81.3. The highest BCUT2D eigenvalue weighted by atomic mass is 32.2. The monoisotopic (exact) mass is 1970 g/mol. The number of amides is 17. The van der Waals surface area contributed by atoms with E-state index < -0.39 is 235 Å². The summed E-state index contributed by atoms with van der Waals surface area (Å²) in [5.74, 6) is -18.4. The second-order valence-electron chi connectivity index (χ2n) is 36.7. The third kappa shape index (κ3) is 30.0. The van der Waals surface area contributed by atoms with Gasteiger partial charge in [0.15, 0.2) is 0 Å². The van der Waals surface area contributed by atoms with Gasteiger partial charge in [0.25, 0.3) is 0 Å². The third-order valence-electron chi connectivity index (χ3n) is 25.6. The summed E-state index contributed by atoms with van der Waals surface area (Å²) < 4.78 is 1.44. The Hall–Kier alpha value is -14.1. The molecular formula is C98H131N21O21S. The highest BCUT2D eigenvalue weighted by Crippen LogP contribution is 2.30. The van der Waals surface area contributed by atoms with Gasteiger partial charge in [-0.1, -0.05) is 132 Å². The summed E-state index contributed by atoms with van der Waals surface area (Å²) in [6.45, 7) is 6.40. The smallest absolute Gasteiger partial charge is 0.323 e. The maximum Gasteiger partial charge on any atom is 0.323 e. The number of aliphatic hydroxyl groups is 1. The number of carbonyl (C=O) groups excluding carboxylic acids is 17. The number of aromatic hydroxyl groups is 1. The molecule has 6 heterocycles. The number of carboxylic acids is 1. The van der Waals surface area contributed by atoms with Gasteiger partial charge in [0, 0.05) is 125 Å². The number of fused-ring (bicyclic) bond motifs is 4. The van der Waals surface area contributed by atoms with Crippen molar-refractivity contribution in [2.75, 3.05) is 58.8 Å². The second kappa shape index (κ2) is 51.7. The van der Waals surface area contributed by atoms with Crippen LogP contribution in [0.15, 0.2) is 132 Å². The lowest BCUT2D eigenvalue weighted by Crippen LogP contribution is -2.61. The van der Waals surface area contributed by atoms with E-state index in [1.807, 2.05) is 13.8 Å². The number of unbranched alkanes of at least 4 members (excludes halogenated alkanes) is 2. The summed E-state index contributed by atoms with van der Waals surface area (Å²) in [5, 5.41) is 60.2. The first-order chi connectivity index (χ1) is 67.3. The molecule has 0 aliphatic carbocycles. The minimum absolute atomic E-state index is 0.00477. The van der Waals surface area contributed by atoms with Gasteiger partial charge in [-0.2, -0.15) is 0 Å². The van der Waals surface area contributed by atoms with Gasteiger partial charge in [-0.3, -0.25) is 91.3 Å². The Morgan fingerprint density at radius 2 is 1.11 bits per heavy atom. The number of nitrogens with one attached hydrogen (secondary N) is 11. The fraction of sp³-hybridized carbons (Fsp3) is 0.500. The standard InChI is InChI=1S/C98H131N21O21S/c1-9-11-26-77-91(133)107-68(40-57-21-14-13-15-22-57)89(131)113-75(86(128)104-49-82(101)123)53-141-54-83(124)105-72(41-58-30-32-62(120)33-31-58)94(136)114(6)56(5)85(127)110-74(46-81(100)122)96(138)118-38-20-29-78(118)92(134)108-69(42-59-35-37-102-47-59)88(130)111-71(39-55(3)4)97(139)119-51-63(121)45-80(119)93(135)109-70(43-60-48-103-66-25-18-16-23-64(60)66)90(132)106-67(34-36-99)87(129)112-73(95(137)116(8)79(27-12-10-2)98(140)115(77)7)44-61-50-117(52-84(125)126)76-28-19-17-24-65(61)76/h13-19,21-25,28,30-33,37,47-48,50,55-56,63,67-75,77-80,103,120-121H,9-12,20,26-27,29,34-36,38-46,49,51-54,99H2,1-8H3,(H2,100,122)(H2,101,123)(H,104,128)(H,105,124)(H,106,132)(H,107,133)(H,108,134)(H,109,135)(H,110,127)(H,111,130)(H,112,129)(H,113,131)(H,125,126)/t56-,63+,67-,68-,69-,70-,71-,72-,73-,74-,75-,77-,78?,79-,80-/m0/s1. The first-order valence-corrected chi connectivity index (χ1v) is 48.7.